The lowest BCUT2D eigenvalue weighted by Crippen LogP contribution is -2.38. The number of carbonyl (C=O) groups excluding carboxylic acids is 1. The summed E-state index contributed by atoms with van der Waals surface area (Å²) in [5.74, 6) is 0. The fraction of sp³-hybridized carbons (Fsp3) is 0.750. The molecule has 0 N–H and O–H groups in total. The summed E-state index contributed by atoms with van der Waals surface area (Å²) < 4.78 is 1.17. The molecule has 0 spiro atoms. The Morgan fingerprint density at radius 1 is 1.75 bits per heavy atom. The van der Waals surface area contributed by atoms with Crippen molar-refractivity contribution in [2.75, 3.05) is 0 Å². The molecule has 1 unspecified atom stereocenters. The van der Waals surface area contributed by atoms with E-state index in [1.807, 2.05) is 0 Å². The van der Waals surface area contributed by atoms with E-state index in [2.05, 4.69) is 0 Å². The molecule has 8 heavy (non-hydrogen) atoms. The fourth-order valence-electron chi connectivity index (χ4n) is 0.211. The molecular weight excluding hydrogens is 125 g/mol. The first-order valence-electron chi connectivity index (χ1n) is 2.36. The van der Waals surface area contributed by atoms with Gasteiger partial charge in [0.2, 0.25) is 0 Å². The molecule has 0 saturated carbocycles. The van der Waals surface area contributed by atoms with Crippen LogP contribution in [0.2, 0.25) is 0 Å². The van der Waals surface area contributed by atoms with Crippen LogP contribution in [0.25, 0.3) is 0 Å². The third kappa shape index (κ3) is 2.12. The van der Waals surface area contributed by atoms with E-state index in [1.54, 1.807) is 13.8 Å². The third-order valence-electron chi connectivity index (χ3n) is 0.858. The van der Waals surface area contributed by atoms with Crippen LogP contribution in [-0.2, 0) is 0 Å². The third-order valence-corrected chi connectivity index (χ3v) is 1.85. The number of rotatable bonds is 1. The van der Waals surface area contributed by atoms with Crippen LogP contribution in [0.5, 0.6) is 0 Å². The van der Waals surface area contributed by atoms with Crippen LogP contribution in [0.4, 0.5) is 4.79 Å². The van der Waals surface area contributed by atoms with E-state index in [-0.39, 0.29) is 6.04 Å². The van der Waals surface area contributed by atoms with Crippen molar-refractivity contribution in [1.29, 1.82) is 0 Å². The van der Waals surface area contributed by atoms with Gasteiger partial charge in [-0.2, -0.15) is 0 Å². The summed E-state index contributed by atoms with van der Waals surface area (Å²) in [7, 11) is 1.29. The van der Waals surface area contributed by atoms with Crippen molar-refractivity contribution < 1.29 is 9.90 Å². The minimum absolute atomic E-state index is 0.0262. The fourth-order valence-corrected chi connectivity index (χ4v) is 0.211. The van der Waals surface area contributed by atoms with Gasteiger partial charge >= 0.3 is 0 Å². The Bertz CT molecular complexity index is 94.0. The number of carbonyl (C=O) groups is 1. The van der Waals surface area contributed by atoms with Gasteiger partial charge in [0, 0.05) is 0 Å². The van der Waals surface area contributed by atoms with Gasteiger partial charge in [0.05, 0.1) is 15.4 Å². The van der Waals surface area contributed by atoms with E-state index in [4.69, 9.17) is 0 Å². The summed E-state index contributed by atoms with van der Waals surface area (Å²) in [6.45, 7) is 3.59. The molecule has 0 fully saturated rings. The molecule has 1 atom stereocenters. The lowest BCUT2D eigenvalue weighted by atomic mass is 10.4. The first-order valence-corrected chi connectivity index (χ1v) is 2.99. The Morgan fingerprint density at radius 3 is 2.12 bits per heavy atom. The molecule has 1 amide bonds. The standard InChI is InChI=1S/C4H10NO2P/c1-3(2)5(8)4(6)7/h3H,8H2,1-2H3,(H,6,7). The molecule has 0 radical (unpaired) electrons. The molecule has 0 aliphatic rings. The van der Waals surface area contributed by atoms with Crippen LogP contribution in [0.3, 0.4) is 0 Å². The summed E-state index contributed by atoms with van der Waals surface area (Å²) in [4.78, 5) is 9.96. The van der Waals surface area contributed by atoms with Gasteiger partial charge in [-0.1, -0.05) is 0 Å². The molecule has 0 heterocycles. The molecule has 48 valence electrons. The molecule has 4 heteroatoms. The summed E-state index contributed by atoms with van der Waals surface area (Å²) in [5, 5.41) is 9.96. The predicted molar refractivity (Wildman–Crippen MR) is 33.5 cm³/mol. The highest BCUT2D eigenvalue weighted by Gasteiger charge is 2.04. The normalized spacial score (nSPS) is 9.88. The van der Waals surface area contributed by atoms with Crippen molar-refractivity contribution in [2.45, 2.75) is 19.9 Å². The number of hydrogen-bond donors (Lipinski definition) is 0. The summed E-state index contributed by atoms with van der Waals surface area (Å²) in [6, 6.07) is 0.0262. The number of amides is 1. The van der Waals surface area contributed by atoms with Crippen molar-refractivity contribution in [2.24, 2.45) is 0 Å². The number of carboxylic acid groups (broad SMARTS) is 1. The molecule has 0 aromatic rings. The van der Waals surface area contributed by atoms with E-state index < -0.39 is 6.09 Å². The Balaban J connectivity index is 3.64. The van der Waals surface area contributed by atoms with Gasteiger partial charge in [-0.15, -0.1) is 0 Å². The van der Waals surface area contributed by atoms with Crippen molar-refractivity contribution in [3.8, 4) is 0 Å². The lowest BCUT2D eigenvalue weighted by Gasteiger charge is -2.17. The maximum absolute atomic E-state index is 9.96. The highest BCUT2D eigenvalue weighted by molar-refractivity contribution is 7.14. The largest absolute Gasteiger partial charge is 0.528 e. The molecule has 0 rings (SSSR count). The van der Waals surface area contributed by atoms with Crippen LogP contribution in [0.1, 0.15) is 13.8 Å². The Hall–Kier alpha value is -0.300. The van der Waals surface area contributed by atoms with Crippen LogP contribution in [0.15, 0.2) is 0 Å². The average Bonchev–Trinajstić information content (AvgIpc) is 1.64. The van der Waals surface area contributed by atoms with Crippen LogP contribution in [-0.4, -0.2) is 16.8 Å². The minimum Gasteiger partial charge on any atom is -0.528 e. The molecule has 0 bridgehead atoms. The molecule has 0 aliphatic heterocycles. The maximum atomic E-state index is 9.96. The number of nitrogens with zero attached hydrogens (tertiary/aromatic N) is 1. The molecule has 0 aromatic carbocycles. The SMILES string of the molecule is CC(C)N([PH3+])C(=O)[O-]. The van der Waals surface area contributed by atoms with Gasteiger partial charge in [-0.05, 0) is 13.8 Å². The van der Waals surface area contributed by atoms with E-state index >= 15 is 0 Å². The first-order chi connectivity index (χ1) is 3.55. The van der Waals surface area contributed by atoms with E-state index in [0.717, 1.165) is 0 Å². The molecule has 0 saturated heterocycles. The van der Waals surface area contributed by atoms with Crippen molar-refractivity contribution in [3.63, 3.8) is 0 Å². The summed E-state index contributed by atoms with van der Waals surface area (Å²) in [6.07, 6.45) is -1.11. The molecule has 0 aliphatic carbocycles. The predicted octanol–water partition coefficient (Wildman–Crippen LogP) is -0.438. The zero-order chi connectivity index (χ0) is 6.73. The van der Waals surface area contributed by atoms with Crippen molar-refractivity contribution in [1.82, 2.24) is 4.67 Å². The monoisotopic (exact) mass is 135 g/mol. The topological polar surface area (TPSA) is 43.4 Å². The lowest BCUT2D eigenvalue weighted by molar-refractivity contribution is -0.260. The van der Waals surface area contributed by atoms with Crippen LogP contribution < -0.4 is 5.11 Å². The summed E-state index contributed by atoms with van der Waals surface area (Å²) >= 11 is 0. The Morgan fingerprint density at radius 2 is 2.12 bits per heavy atom. The van der Waals surface area contributed by atoms with Crippen molar-refractivity contribution in [3.05, 3.63) is 0 Å². The highest BCUT2D eigenvalue weighted by Crippen LogP contribution is 2.02. The quantitative estimate of drug-likeness (QED) is 0.457. The van der Waals surface area contributed by atoms with Gasteiger partial charge in [-0.25, -0.2) is 4.67 Å². The van der Waals surface area contributed by atoms with Gasteiger partial charge < -0.3 is 9.90 Å². The highest BCUT2D eigenvalue weighted by atomic mass is 31.0. The second kappa shape index (κ2) is 2.88. The van der Waals surface area contributed by atoms with Gasteiger partial charge in [0.1, 0.15) is 0 Å². The van der Waals surface area contributed by atoms with Gasteiger partial charge in [-0.3, -0.25) is 0 Å². The van der Waals surface area contributed by atoms with Gasteiger partial charge in [0.25, 0.3) is 0 Å². The van der Waals surface area contributed by atoms with Gasteiger partial charge in [0.15, 0.2) is 6.09 Å². The number of hydrogen-bond acceptors (Lipinski definition) is 2. The zero-order valence-corrected chi connectivity index (χ0v) is 6.46. The average molecular weight is 135 g/mol. The second-order valence-corrected chi connectivity index (χ2v) is 2.51. The Kier molecular flexibility index (Phi) is 2.77. The first kappa shape index (κ1) is 7.70. The van der Waals surface area contributed by atoms with Crippen LogP contribution >= 0.6 is 9.39 Å². The van der Waals surface area contributed by atoms with E-state index in [9.17, 15) is 9.90 Å². The Labute approximate surface area is 50.9 Å². The molecule has 0 aromatic heterocycles. The smallest absolute Gasteiger partial charge is 0.172 e. The second-order valence-electron chi connectivity index (χ2n) is 1.83. The van der Waals surface area contributed by atoms with Crippen molar-refractivity contribution >= 4 is 15.5 Å². The maximum Gasteiger partial charge on any atom is 0.172 e. The van der Waals surface area contributed by atoms with E-state index in [0.29, 0.717) is 0 Å². The summed E-state index contributed by atoms with van der Waals surface area (Å²) in [5.41, 5.74) is 0. The molecule has 3 nitrogen and oxygen atoms in total. The zero-order valence-electron chi connectivity index (χ0n) is 5.05. The molecular formula is C4H10NO2P. The minimum atomic E-state index is -1.11. The van der Waals surface area contributed by atoms with Crippen LogP contribution in [0, 0.1) is 0 Å². The van der Waals surface area contributed by atoms with E-state index in [1.165, 1.54) is 14.1 Å².